The van der Waals surface area contributed by atoms with Crippen molar-refractivity contribution in [1.82, 2.24) is 5.32 Å². The van der Waals surface area contributed by atoms with Gasteiger partial charge in [-0.25, -0.2) is 0 Å². The predicted molar refractivity (Wildman–Crippen MR) is 264 cm³/mol. The molecule has 1 fully saturated rings. The number of hydrogen-bond acceptors (Lipinski definition) is 10. The minimum atomic E-state index is -1.59. The first-order valence-corrected chi connectivity index (χ1v) is 26.0. The van der Waals surface area contributed by atoms with Gasteiger partial charge in [0.25, 0.3) is 0 Å². The molecule has 0 radical (unpaired) electrons. The van der Waals surface area contributed by atoms with Crippen molar-refractivity contribution in [3.63, 3.8) is 0 Å². The van der Waals surface area contributed by atoms with Crippen molar-refractivity contribution in [1.29, 1.82) is 0 Å². The first-order chi connectivity index (χ1) is 31.7. The standard InChI is InChI=1S/C54H95NO10/c1-3-5-7-9-11-13-14-15-16-17-18-22-26-30-34-38-42-50(59)63-43-39-35-31-27-23-20-19-21-25-29-33-37-41-49(58)55-46(47(57)40-36-32-28-24-12-10-8-6-4-2)45-64-54-53(62)52(61)51(60)48(44-56)65-54/h4,6,12,16-17,20,23-24,36,40,46-48,51-54,56-57,60-62H,3,5,7-11,13-15,18-19,21-22,25-35,37-39,41-45H2,1-2H3,(H,55,58)/b6-4+,17-16-,23-20-,24-12+,40-36+. The summed E-state index contributed by atoms with van der Waals surface area (Å²) in [6.45, 7) is 3.97. The van der Waals surface area contributed by atoms with Crippen LogP contribution in [-0.2, 0) is 23.8 Å². The summed E-state index contributed by atoms with van der Waals surface area (Å²) in [5, 5.41) is 54.0. The first-order valence-electron chi connectivity index (χ1n) is 26.0. The van der Waals surface area contributed by atoms with Crippen LogP contribution in [0.4, 0.5) is 0 Å². The molecular weight excluding hydrogens is 823 g/mol. The van der Waals surface area contributed by atoms with Gasteiger partial charge in [0.05, 0.1) is 32.0 Å². The SMILES string of the molecule is C/C=C/CC/C=C/CC/C=C/C(O)C(COC1OC(CO)C(O)C(O)C1O)NC(=O)CCCCCCC/C=C\CCCCCOC(=O)CCCCCCC/C=C\CCCCCCCCC. The molecule has 11 nitrogen and oxygen atoms in total. The molecule has 376 valence electrons. The molecule has 7 atom stereocenters. The van der Waals surface area contributed by atoms with Crippen LogP contribution >= 0.6 is 0 Å². The zero-order chi connectivity index (χ0) is 47.4. The monoisotopic (exact) mass is 918 g/mol. The second-order valence-electron chi connectivity index (χ2n) is 17.9. The van der Waals surface area contributed by atoms with E-state index >= 15 is 0 Å². The lowest BCUT2D eigenvalue weighted by Gasteiger charge is -2.40. The molecule has 7 unspecified atom stereocenters. The number of aliphatic hydroxyl groups excluding tert-OH is 5. The van der Waals surface area contributed by atoms with Gasteiger partial charge in [-0.05, 0) is 110 Å². The van der Waals surface area contributed by atoms with Gasteiger partial charge in [0, 0.05) is 12.8 Å². The van der Waals surface area contributed by atoms with Crippen LogP contribution in [0.1, 0.15) is 206 Å². The van der Waals surface area contributed by atoms with Crippen molar-refractivity contribution < 1.29 is 49.3 Å². The Morgan fingerprint density at radius 2 is 1.06 bits per heavy atom. The number of carbonyl (C=O) groups is 2. The molecule has 65 heavy (non-hydrogen) atoms. The lowest BCUT2D eigenvalue weighted by Crippen LogP contribution is -2.60. The third-order valence-corrected chi connectivity index (χ3v) is 11.9. The van der Waals surface area contributed by atoms with Crippen LogP contribution in [0, 0.1) is 0 Å². The number of amides is 1. The quantitative estimate of drug-likeness (QED) is 0.0196. The number of allylic oxidation sites excluding steroid dienone is 9. The number of rotatable bonds is 43. The molecule has 1 rings (SSSR count). The van der Waals surface area contributed by atoms with Crippen LogP contribution in [0.25, 0.3) is 0 Å². The molecule has 0 aromatic carbocycles. The number of hydrogen-bond donors (Lipinski definition) is 6. The first kappa shape index (κ1) is 60.4. The van der Waals surface area contributed by atoms with Crippen LogP contribution in [-0.4, -0.2) is 100 Å². The molecule has 11 heteroatoms. The molecule has 1 heterocycles. The summed E-state index contributed by atoms with van der Waals surface area (Å²) in [4.78, 5) is 25.0. The van der Waals surface area contributed by atoms with E-state index in [9.17, 15) is 35.1 Å². The van der Waals surface area contributed by atoms with E-state index in [2.05, 4.69) is 54.8 Å². The molecule has 0 aliphatic carbocycles. The van der Waals surface area contributed by atoms with Crippen molar-refractivity contribution in [3.8, 4) is 0 Å². The van der Waals surface area contributed by atoms with Crippen LogP contribution in [0.5, 0.6) is 0 Å². The van der Waals surface area contributed by atoms with E-state index in [0.717, 1.165) is 89.9 Å². The van der Waals surface area contributed by atoms with Gasteiger partial charge in [-0.1, -0.05) is 145 Å². The minimum absolute atomic E-state index is 0.0577. The van der Waals surface area contributed by atoms with E-state index in [1.54, 1.807) is 6.08 Å². The van der Waals surface area contributed by atoms with Gasteiger partial charge in [-0.3, -0.25) is 9.59 Å². The number of aliphatic hydroxyl groups is 5. The highest BCUT2D eigenvalue weighted by Crippen LogP contribution is 2.22. The lowest BCUT2D eigenvalue weighted by atomic mass is 9.99. The summed E-state index contributed by atoms with van der Waals surface area (Å²) in [7, 11) is 0. The van der Waals surface area contributed by atoms with E-state index in [1.807, 2.05) is 19.1 Å². The molecule has 0 aromatic rings. The number of ether oxygens (including phenoxy) is 3. The molecule has 1 aliphatic heterocycles. The topological polar surface area (TPSA) is 175 Å². The molecule has 1 amide bonds. The molecule has 6 N–H and O–H groups in total. The molecular formula is C54H95NO10. The largest absolute Gasteiger partial charge is 0.466 e. The second kappa shape index (κ2) is 43.9. The van der Waals surface area contributed by atoms with E-state index in [-0.39, 0.29) is 18.5 Å². The fourth-order valence-corrected chi connectivity index (χ4v) is 7.70. The maximum Gasteiger partial charge on any atom is 0.305 e. The van der Waals surface area contributed by atoms with Gasteiger partial charge in [0.1, 0.15) is 24.4 Å². The van der Waals surface area contributed by atoms with Crippen molar-refractivity contribution in [2.45, 2.75) is 249 Å². The Morgan fingerprint density at radius 1 is 0.585 bits per heavy atom. The Labute approximate surface area is 395 Å². The van der Waals surface area contributed by atoms with Gasteiger partial charge in [-0.2, -0.15) is 0 Å². The van der Waals surface area contributed by atoms with Crippen molar-refractivity contribution in [2.75, 3.05) is 19.8 Å². The maximum absolute atomic E-state index is 12.9. The highest BCUT2D eigenvalue weighted by atomic mass is 16.7. The lowest BCUT2D eigenvalue weighted by molar-refractivity contribution is -0.302. The third-order valence-electron chi connectivity index (χ3n) is 11.9. The Bertz CT molecular complexity index is 1270. The Balaban J connectivity index is 2.14. The van der Waals surface area contributed by atoms with E-state index in [4.69, 9.17) is 14.2 Å². The van der Waals surface area contributed by atoms with Crippen LogP contribution in [0.15, 0.2) is 60.8 Å². The average Bonchev–Trinajstić information content (AvgIpc) is 3.30. The summed E-state index contributed by atoms with van der Waals surface area (Å²) in [6, 6.07) is -0.853. The molecule has 1 aliphatic rings. The Morgan fingerprint density at radius 3 is 1.62 bits per heavy atom. The summed E-state index contributed by atoms with van der Waals surface area (Å²) in [5.41, 5.74) is 0. The predicted octanol–water partition coefficient (Wildman–Crippen LogP) is 10.7. The smallest absolute Gasteiger partial charge is 0.305 e. The van der Waals surface area contributed by atoms with E-state index < -0.39 is 49.5 Å². The van der Waals surface area contributed by atoms with Gasteiger partial charge in [-0.15, -0.1) is 0 Å². The summed E-state index contributed by atoms with van der Waals surface area (Å²) in [6.07, 6.45) is 44.7. The van der Waals surface area contributed by atoms with E-state index in [0.29, 0.717) is 32.3 Å². The normalized spacial score (nSPS) is 20.3. The van der Waals surface area contributed by atoms with Crippen LogP contribution in [0.2, 0.25) is 0 Å². The zero-order valence-electron chi connectivity index (χ0n) is 40.9. The number of unbranched alkanes of at least 4 members (excludes halogenated alkanes) is 22. The Kier molecular flexibility index (Phi) is 40.8. The van der Waals surface area contributed by atoms with Gasteiger partial charge < -0.3 is 45.1 Å². The van der Waals surface area contributed by atoms with Crippen LogP contribution in [0.3, 0.4) is 0 Å². The molecule has 0 aromatic heterocycles. The highest BCUT2D eigenvalue weighted by molar-refractivity contribution is 5.76. The highest BCUT2D eigenvalue weighted by Gasteiger charge is 2.44. The molecule has 1 saturated heterocycles. The molecule has 0 spiro atoms. The minimum Gasteiger partial charge on any atom is -0.466 e. The summed E-state index contributed by atoms with van der Waals surface area (Å²) >= 11 is 0. The number of esters is 1. The third kappa shape index (κ3) is 34.3. The molecule has 0 saturated carbocycles. The van der Waals surface area contributed by atoms with Crippen molar-refractivity contribution in [2.24, 2.45) is 0 Å². The van der Waals surface area contributed by atoms with Gasteiger partial charge >= 0.3 is 5.97 Å². The van der Waals surface area contributed by atoms with Crippen molar-refractivity contribution in [3.05, 3.63) is 60.8 Å². The molecule has 0 bridgehead atoms. The average molecular weight is 918 g/mol. The van der Waals surface area contributed by atoms with E-state index in [1.165, 1.54) is 77.0 Å². The summed E-state index contributed by atoms with van der Waals surface area (Å²) in [5.74, 6) is -0.286. The summed E-state index contributed by atoms with van der Waals surface area (Å²) < 4.78 is 16.6. The number of carbonyl (C=O) groups excluding carboxylic acids is 2. The number of nitrogens with one attached hydrogen (secondary N) is 1. The fraction of sp³-hybridized carbons (Fsp3) is 0.778. The van der Waals surface area contributed by atoms with Crippen molar-refractivity contribution >= 4 is 11.9 Å². The van der Waals surface area contributed by atoms with Gasteiger partial charge in [0.2, 0.25) is 5.91 Å². The maximum atomic E-state index is 12.9. The fourth-order valence-electron chi connectivity index (χ4n) is 7.70. The Hall–Kier alpha value is -2.64. The zero-order valence-corrected chi connectivity index (χ0v) is 40.9. The van der Waals surface area contributed by atoms with Gasteiger partial charge in [0.15, 0.2) is 6.29 Å². The van der Waals surface area contributed by atoms with Crippen LogP contribution < -0.4 is 5.32 Å². The second-order valence-corrected chi connectivity index (χ2v) is 17.9.